The Morgan fingerprint density at radius 3 is 2.29 bits per heavy atom. The lowest BCUT2D eigenvalue weighted by atomic mass is 9.63. The van der Waals surface area contributed by atoms with E-state index in [9.17, 15) is 10.2 Å². The molecule has 0 saturated heterocycles. The van der Waals surface area contributed by atoms with Crippen molar-refractivity contribution in [3.8, 4) is 0 Å². The molecule has 3 saturated carbocycles. The molecule has 3 fully saturated rings. The van der Waals surface area contributed by atoms with Crippen molar-refractivity contribution in [1.82, 2.24) is 0 Å². The molecule has 2 bridgehead atoms. The maximum Gasteiger partial charge on any atom is 0.0911 e. The summed E-state index contributed by atoms with van der Waals surface area (Å²) in [6, 6.07) is 0. The van der Waals surface area contributed by atoms with Crippen LogP contribution in [0.3, 0.4) is 0 Å². The van der Waals surface area contributed by atoms with Crippen LogP contribution in [-0.4, -0.2) is 21.9 Å². The Labute approximate surface area is 104 Å². The minimum absolute atomic E-state index is 0.172. The van der Waals surface area contributed by atoms with Crippen molar-refractivity contribution in [2.24, 2.45) is 28.6 Å². The summed E-state index contributed by atoms with van der Waals surface area (Å²) in [6.45, 7) is 8.83. The zero-order valence-corrected chi connectivity index (χ0v) is 11.5. The molecule has 3 aliphatic rings. The van der Waals surface area contributed by atoms with Crippen molar-refractivity contribution in [2.45, 2.75) is 65.1 Å². The van der Waals surface area contributed by atoms with Gasteiger partial charge in [0.05, 0.1) is 11.7 Å². The summed E-state index contributed by atoms with van der Waals surface area (Å²) in [5.41, 5.74) is -0.402. The van der Waals surface area contributed by atoms with Crippen molar-refractivity contribution < 1.29 is 10.2 Å². The third-order valence-corrected chi connectivity index (χ3v) is 6.90. The normalized spacial score (nSPS) is 60.4. The first-order valence-corrected chi connectivity index (χ1v) is 7.13. The predicted molar refractivity (Wildman–Crippen MR) is 67.5 cm³/mol. The Morgan fingerprint density at radius 2 is 1.65 bits per heavy atom. The van der Waals surface area contributed by atoms with Gasteiger partial charge < -0.3 is 10.2 Å². The first kappa shape index (κ1) is 12.0. The molecule has 0 heterocycles. The van der Waals surface area contributed by atoms with Gasteiger partial charge in [0.1, 0.15) is 0 Å². The summed E-state index contributed by atoms with van der Waals surface area (Å²) in [7, 11) is 0. The van der Waals surface area contributed by atoms with Crippen LogP contribution in [0.1, 0.15) is 53.4 Å². The Bertz CT molecular complexity index is 347. The van der Waals surface area contributed by atoms with Gasteiger partial charge in [-0.3, -0.25) is 0 Å². The highest BCUT2D eigenvalue weighted by Crippen LogP contribution is 2.73. The fourth-order valence-corrected chi connectivity index (χ4v) is 5.86. The van der Waals surface area contributed by atoms with E-state index in [1.807, 2.05) is 6.92 Å². The van der Waals surface area contributed by atoms with Crippen molar-refractivity contribution >= 4 is 0 Å². The Hall–Kier alpha value is -0.0800. The van der Waals surface area contributed by atoms with Gasteiger partial charge in [-0.25, -0.2) is 0 Å². The number of aliphatic hydroxyl groups is 2. The number of rotatable bonds is 0. The molecular weight excluding hydrogens is 212 g/mol. The topological polar surface area (TPSA) is 40.5 Å². The quantitative estimate of drug-likeness (QED) is 0.681. The average Bonchev–Trinajstić information content (AvgIpc) is 2.61. The lowest BCUT2D eigenvalue weighted by Gasteiger charge is -2.47. The zero-order valence-electron chi connectivity index (χ0n) is 11.5. The van der Waals surface area contributed by atoms with Crippen LogP contribution in [0.15, 0.2) is 0 Å². The van der Waals surface area contributed by atoms with Crippen LogP contribution < -0.4 is 0 Å². The summed E-state index contributed by atoms with van der Waals surface area (Å²) in [5, 5.41) is 21.0. The average molecular weight is 238 g/mol. The fraction of sp³-hybridized carbons (Fsp3) is 1.00. The van der Waals surface area contributed by atoms with Crippen LogP contribution in [0, 0.1) is 28.6 Å². The van der Waals surface area contributed by atoms with E-state index in [0.29, 0.717) is 17.3 Å². The summed E-state index contributed by atoms with van der Waals surface area (Å²) >= 11 is 0. The molecular formula is C15H26O2. The first-order valence-electron chi connectivity index (χ1n) is 7.13. The molecule has 6 atom stereocenters. The molecule has 2 heteroatoms. The van der Waals surface area contributed by atoms with Gasteiger partial charge >= 0.3 is 0 Å². The van der Waals surface area contributed by atoms with Gasteiger partial charge in [0.25, 0.3) is 0 Å². The van der Waals surface area contributed by atoms with E-state index in [1.165, 1.54) is 12.8 Å². The summed E-state index contributed by atoms with van der Waals surface area (Å²) in [4.78, 5) is 0. The monoisotopic (exact) mass is 238 g/mol. The smallest absolute Gasteiger partial charge is 0.0911 e. The third kappa shape index (κ3) is 1.19. The number of aliphatic hydroxyl groups excluding tert-OH is 1. The van der Waals surface area contributed by atoms with E-state index in [0.717, 1.165) is 12.8 Å². The van der Waals surface area contributed by atoms with Crippen LogP contribution in [-0.2, 0) is 0 Å². The molecule has 0 unspecified atom stereocenters. The largest absolute Gasteiger partial charge is 0.390 e. The van der Waals surface area contributed by atoms with Crippen LogP contribution in [0.4, 0.5) is 0 Å². The van der Waals surface area contributed by atoms with E-state index in [2.05, 4.69) is 20.8 Å². The van der Waals surface area contributed by atoms with E-state index >= 15 is 0 Å². The SMILES string of the molecule is C[C@@H]1CC[C@H]2C(C)(C)[C@@H]3C[C@@]12C[C@@H](O)[C@@]3(C)O. The van der Waals surface area contributed by atoms with E-state index < -0.39 is 11.7 Å². The standard InChI is InChI=1S/C15H26O2/c1-9-5-6-10-13(2,3)11-7-15(9,10)8-12(16)14(11,4)17/h9-12,16-17H,5-8H2,1-4H3/t9-,10+,11+,12-,14+,15-/m1/s1. The van der Waals surface area contributed by atoms with E-state index in [1.54, 1.807) is 0 Å². The Morgan fingerprint density at radius 1 is 1.00 bits per heavy atom. The molecule has 0 aromatic heterocycles. The lowest BCUT2D eigenvalue weighted by Crippen LogP contribution is -2.53. The summed E-state index contributed by atoms with van der Waals surface area (Å²) in [5.74, 6) is 1.66. The Kier molecular flexibility index (Phi) is 2.17. The minimum Gasteiger partial charge on any atom is -0.390 e. The van der Waals surface area contributed by atoms with Gasteiger partial charge in [-0.15, -0.1) is 0 Å². The lowest BCUT2D eigenvalue weighted by molar-refractivity contribution is -0.153. The molecule has 0 aromatic carbocycles. The molecule has 0 aromatic rings. The van der Waals surface area contributed by atoms with Crippen LogP contribution >= 0.6 is 0 Å². The van der Waals surface area contributed by atoms with Crippen LogP contribution in [0.2, 0.25) is 0 Å². The van der Waals surface area contributed by atoms with Crippen LogP contribution in [0.25, 0.3) is 0 Å². The molecule has 0 aliphatic heterocycles. The molecule has 3 rings (SSSR count). The van der Waals surface area contributed by atoms with E-state index in [-0.39, 0.29) is 11.3 Å². The summed E-state index contributed by atoms with van der Waals surface area (Å²) in [6.07, 6.45) is 3.98. The highest BCUT2D eigenvalue weighted by atomic mass is 16.3. The molecule has 1 spiro atoms. The first-order chi connectivity index (χ1) is 7.73. The van der Waals surface area contributed by atoms with Gasteiger partial charge in [0.15, 0.2) is 0 Å². The Balaban J connectivity index is 2.10. The van der Waals surface area contributed by atoms with Gasteiger partial charge in [0.2, 0.25) is 0 Å². The van der Waals surface area contributed by atoms with Crippen molar-refractivity contribution in [2.75, 3.05) is 0 Å². The number of hydrogen-bond acceptors (Lipinski definition) is 2. The molecule has 0 amide bonds. The maximum atomic E-state index is 10.7. The predicted octanol–water partition coefficient (Wildman–Crippen LogP) is 2.58. The van der Waals surface area contributed by atoms with Crippen molar-refractivity contribution in [3.63, 3.8) is 0 Å². The van der Waals surface area contributed by atoms with Gasteiger partial charge in [-0.2, -0.15) is 0 Å². The number of hydrogen-bond donors (Lipinski definition) is 2. The molecule has 0 radical (unpaired) electrons. The van der Waals surface area contributed by atoms with Gasteiger partial charge in [-0.1, -0.05) is 20.8 Å². The second kappa shape index (κ2) is 3.08. The molecule has 2 N–H and O–H groups in total. The highest BCUT2D eigenvalue weighted by Gasteiger charge is 2.70. The minimum atomic E-state index is -0.890. The van der Waals surface area contributed by atoms with Crippen LogP contribution in [0.5, 0.6) is 0 Å². The van der Waals surface area contributed by atoms with E-state index in [4.69, 9.17) is 0 Å². The third-order valence-electron chi connectivity index (χ3n) is 6.90. The second-order valence-corrected chi connectivity index (χ2v) is 7.79. The molecule has 3 aliphatic carbocycles. The van der Waals surface area contributed by atoms with Gasteiger partial charge in [-0.05, 0) is 61.2 Å². The van der Waals surface area contributed by atoms with Crippen molar-refractivity contribution in [3.05, 3.63) is 0 Å². The summed E-state index contributed by atoms with van der Waals surface area (Å²) < 4.78 is 0. The second-order valence-electron chi connectivity index (χ2n) is 7.79. The zero-order chi connectivity index (χ0) is 12.6. The fourth-order valence-electron chi connectivity index (χ4n) is 5.86. The maximum absolute atomic E-state index is 10.7. The molecule has 98 valence electrons. The molecule has 2 nitrogen and oxygen atoms in total. The van der Waals surface area contributed by atoms with Crippen molar-refractivity contribution in [1.29, 1.82) is 0 Å². The highest BCUT2D eigenvalue weighted by molar-refractivity contribution is 5.19. The molecule has 17 heavy (non-hydrogen) atoms. The number of fused-ring (bicyclic) bond motifs is 1. The van der Waals surface area contributed by atoms with Gasteiger partial charge in [0, 0.05) is 0 Å².